The van der Waals surface area contributed by atoms with Gasteiger partial charge in [-0.05, 0) is 29.5 Å². The molecule has 4 heteroatoms. The van der Waals surface area contributed by atoms with E-state index in [1.54, 1.807) is 0 Å². The molecule has 0 radical (unpaired) electrons. The Balaban J connectivity index is 3.11. The van der Waals surface area contributed by atoms with Gasteiger partial charge in [-0.25, -0.2) is 0 Å². The number of carboxylic acids is 1. The first-order chi connectivity index (χ1) is 7.84. The Labute approximate surface area is 102 Å². The Morgan fingerprint density at radius 1 is 1.29 bits per heavy atom. The SMILES string of the molecule is Cc1ccc(C(C)C)cc1C(N)C(N)C(=O)O. The number of benzene rings is 1. The predicted octanol–water partition coefficient (Wildman–Crippen LogP) is 1.53. The molecule has 0 aromatic heterocycles. The molecule has 0 spiro atoms. The third-order valence-electron chi connectivity index (χ3n) is 3.00. The highest BCUT2D eigenvalue weighted by atomic mass is 16.4. The number of carbonyl (C=O) groups is 1. The summed E-state index contributed by atoms with van der Waals surface area (Å²) in [5.41, 5.74) is 14.4. The Bertz CT molecular complexity index is 416. The number of aryl methyl sites for hydroxylation is 1. The number of carboxylic acid groups (broad SMARTS) is 1. The van der Waals surface area contributed by atoms with E-state index in [-0.39, 0.29) is 0 Å². The molecule has 0 saturated carbocycles. The molecule has 0 saturated heterocycles. The number of hydrogen-bond acceptors (Lipinski definition) is 3. The summed E-state index contributed by atoms with van der Waals surface area (Å²) in [4.78, 5) is 10.8. The summed E-state index contributed by atoms with van der Waals surface area (Å²) < 4.78 is 0. The summed E-state index contributed by atoms with van der Waals surface area (Å²) in [5, 5.41) is 8.88. The van der Waals surface area contributed by atoms with Gasteiger partial charge in [-0.1, -0.05) is 32.0 Å². The van der Waals surface area contributed by atoms with Gasteiger partial charge in [0, 0.05) is 0 Å². The standard InChI is InChI=1S/C13H20N2O2/c1-7(2)9-5-4-8(3)10(6-9)11(14)12(15)13(16)17/h4-7,11-12H,14-15H2,1-3H3,(H,16,17). The molecule has 2 unspecified atom stereocenters. The second kappa shape index (κ2) is 5.29. The quantitative estimate of drug-likeness (QED) is 0.739. The minimum Gasteiger partial charge on any atom is -0.480 e. The lowest BCUT2D eigenvalue weighted by molar-refractivity contribution is -0.139. The van der Waals surface area contributed by atoms with Crippen molar-refractivity contribution in [1.29, 1.82) is 0 Å². The summed E-state index contributed by atoms with van der Waals surface area (Å²) >= 11 is 0. The largest absolute Gasteiger partial charge is 0.480 e. The van der Waals surface area contributed by atoms with E-state index in [0.29, 0.717) is 5.92 Å². The van der Waals surface area contributed by atoms with Crippen LogP contribution in [0.1, 0.15) is 42.5 Å². The lowest BCUT2D eigenvalue weighted by atomic mass is 9.91. The molecule has 0 amide bonds. The minimum absolute atomic E-state index is 0.377. The number of aliphatic carboxylic acids is 1. The topological polar surface area (TPSA) is 89.3 Å². The van der Waals surface area contributed by atoms with Crippen molar-refractivity contribution in [2.75, 3.05) is 0 Å². The van der Waals surface area contributed by atoms with Gasteiger partial charge >= 0.3 is 5.97 Å². The van der Waals surface area contributed by atoms with Crippen LogP contribution >= 0.6 is 0 Å². The molecule has 1 aromatic rings. The molecule has 0 aliphatic rings. The van der Waals surface area contributed by atoms with Crippen LogP contribution in [-0.4, -0.2) is 17.1 Å². The Morgan fingerprint density at radius 2 is 1.88 bits per heavy atom. The average Bonchev–Trinajstić information content (AvgIpc) is 2.27. The molecule has 0 aliphatic carbocycles. The Morgan fingerprint density at radius 3 is 2.35 bits per heavy atom. The van der Waals surface area contributed by atoms with E-state index >= 15 is 0 Å². The van der Waals surface area contributed by atoms with Crippen LogP contribution in [0.5, 0.6) is 0 Å². The molecular weight excluding hydrogens is 216 g/mol. The van der Waals surface area contributed by atoms with Gasteiger partial charge in [0.25, 0.3) is 0 Å². The lowest BCUT2D eigenvalue weighted by Gasteiger charge is -2.20. The van der Waals surface area contributed by atoms with E-state index in [2.05, 4.69) is 13.8 Å². The van der Waals surface area contributed by atoms with Gasteiger partial charge in [-0.3, -0.25) is 4.79 Å². The Kier molecular flexibility index (Phi) is 4.26. The van der Waals surface area contributed by atoms with Crippen molar-refractivity contribution < 1.29 is 9.90 Å². The van der Waals surface area contributed by atoms with E-state index in [1.165, 1.54) is 0 Å². The molecule has 0 bridgehead atoms. The van der Waals surface area contributed by atoms with Gasteiger partial charge in [0.2, 0.25) is 0 Å². The van der Waals surface area contributed by atoms with Gasteiger partial charge in [0.05, 0.1) is 6.04 Å². The van der Waals surface area contributed by atoms with Gasteiger partial charge in [-0.2, -0.15) is 0 Å². The Hall–Kier alpha value is -1.39. The molecule has 1 rings (SSSR count). The van der Waals surface area contributed by atoms with E-state index < -0.39 is 18.1 Å². The second-order valence-electron chi connectivity index (χ2n) is 4.66. The molecule has 94 valence electrons. The maximum absolute atomic E-state index is 10.8. The normalized spacial score (nSPS) is 14.7. The molecule has 0 fully saturated rings. The fourth-order valence-electron chi connectivity index (χ4n) is 1.72. The summed E-state index contributed by atoms with van der Waals surface area (Å²) in [6.07, 6.45) is 0. The van der Waals surface area contributed by atoms with Gasteiger partial charge in [-0.15, -0.1) is 0 Å². The molecular formula is C13H20N2O2. The first-order valence-corrected chi connectivity index (χ1v) is 5.69. The van der Waals surface area contributed by atoms with Crippen LogP contribution < -0.4 is 11.5 Å². The van der Waals surface area contributed by atoms with Crippen LogP contribution in [0.3, 0.4) is 0 Å². The van der Waals surface area contributed by atoms with Gasteiger partial charge in [0.1, 0.15) is 6.04 Å². The first kappa shape index (κ1) is 13.7. The van der Waals surface area contributed by atoms with Crippen molar-refractivity contribution in [3.05, 3.63) is 34.9 Å². The molecule has 0 aliphatic heterocycles. The third-order valence-corrected chi connectivity index (χ3v) is 3.00. The van der Waals surface area contributed by atoms with Gasteiger partial charge in [0.15, 0.2) is 0 Å². The molecule has 0 heterocycles. The van der Waals surface area contributed by atoms with Crippen LogP contribution in [-0.2, 0) is 4.79 Å². The zero-order chi connectivity index (χ0) is 13.2. The third kappa shape index (κ3) is 3.05. The minimum atomic E-state index is -1.08. The highest BCUT2D eigenvalue weighted by molar-refractivity contribution is 5.74. The fraction of sp³-hybridized carbons (Fsp3) is 0.462. The van der Waals surface area contributed by atoms with Crippen LogP contribution in [0, 0.1) is 6.92 Å². The first-order valence-electron chi connectivity index (χ1n) is 5.69. The van der Waals surface area contributed by atoms with Crippen molar-refractivity contribution in [2.45, 2.75) is 38.8 Å². The van der Waals surface area contributed by atoms with Crippen molar-refractivity contribution in [3.8, 4) is 0 Å². The van der Waals surface area contributed by atoms with Crippen LogP contribution in [0.4, 0.5) is 0 Å². The maximum atomic E-state index is 10.8. The van der Waals surface area contributed by atoms with E-state index in [0.717, 1.165) is 16.7 Å². The van der Waals surface area contributed by atoms with Crippen LogP contribution in [0.2, 0.25) is 0 Å². The van der Waals surface area contributed by atoms with Crippen molar-refractivity contribution in [2.24, 2.45) is 11.5 Å². The fourth-order valence-corrected chi connectivity index (χ4v) is 1.72. The van der Waals surface area contributed by atoms with E-state index in [9.17, 15) is 4.79 Å². The summed E-state index contributed by atoms with van der Waals surface area (Å²) in [5.74, 6) is -0.700. The van der Waals surface area contributed by atoms with Crippen molar-refractivity contribution >= 4 is 5.97 Å². The van der Waals surface area contributed by atoms with Crippen LogP contribution in [0.25, 0.3) is 0 Å². The average molecular weight is 236 g/mol. The van der Waals surface area contributed by atoms with Crippen molar-refractivity contribution in [1.82, 2.24) is 0 Å². The predicted molar refractivity (Wildman–Crippen MR) is 67.8 cm³/mol. The second-order valence-corrected chi connectivity index (χ2v) is 4.66. The monoisotopic (exact) mass is 236 g/mol. The highest BCUT2D eigenvalue weighted by Crippen LogP contribution is 2.23. The molecule has 2 atom stereocenters. The highest BCUT2D eigenvalue weighted by Gasteiger charge is 2.23. The van der Waals surface area contributed by atoms with E-state index in [4.69, 9.17) is 16.6 Å². The number of nitrogens with two attached hydrogens (primary N) is 2. The van der Waals surface area contributed by atoms with Crippen LogP contribution in [0.15, 0.2) is 18.2 Å². The lowest BCUT2D eigenvalue weighted by Crippen LogP contribution is -2.41. The summed E-state index contributed by atoms with van der Waals surface area (Å²) in [6, 6.07) is 4.19. The number of rotatable bonds is 4. The zero-order valence-electron chi connectivity index (χ0n) is 10.5. The summed E-state index contributed by atoms with van der Waals surface area (Å²) in [6.45, 7) is 6.07. The number of hydrogen-bond donors (Lipinski definition) is 3. The zero-order valence-corrected chi connectivity index (χ0v) is 10.5. The van der Waals surface area contributed by atoms with E-state index in [1.807, 2.05) is 25.1 Å². The molecule has 5 N–H and O–H groups in total. The smallest absolute Gasteiger partial charge is 0.322 e. The maximum Gasteiger partial charge on any atom is 0.322 e. The van der Waals surface area contributed by atoms with Crippen molar-refractivity contribution in [3.63, 3.8) is 0 Å². The molecule has 1 aromatic carbocycles. The van der Waals surface area contributed by atoms with Gasteiger partial charge < -0.3 is 16.6 Å². The molecule has 4 nitrogen and oxygen atoms in total. The molecule has 17 heavy (non-hydrogen) atoms. The summed E-state index contributed by atoms with van der Waals surface area (Å²) in [7, 11) is 0.